The predicted molar refractivity (Wildman–Crippen MR) is 104 cm³/mol. The normalized spacial score (nSPS) is 23.8. The van der Waals surface area contributed by atoms with Crippen LogP contribution >= 0.6 is 0 Å². The Morgan fingerprint density at radius 2 is 2.04 bits per heavy atom. The summed E-state index contributed by atoms with van der Waals surface area (Å²) in [7, 11) is 2.02. The van der Waals surface area contributed by atoms with Gasteiger partial charge in [-0.1, -0.05) is 18.9 Å². The number of carbonyl (C=O) groups is 1. The van der Waals surface area contributed by atoms with Gasteiger partial charge in [0.25, 0.3) is 0 Å². The lowest BCUT2D eigenvalue weighted by Crippen LogP contribution is -2.63. The molecule has 1 aromatic carbocycles. The molecule has 5 N–H and O–H groups in total. The number of nitrogens with zero attached hydrogens (tertiary/aromatic N) is 3. The van der Waals surface area contributed by atoms with Crippen LogP contribution in [0.5, 0.6) is 0 Å². The second-order valence-electron chi connectivity index (χ2n) is 8.24. The van der Waals surface area contributed by atoms with Crippen LogP contribution in [0.4, 0.5) is 16.2 Å². The summed E-state index contributed by atoms with van der Waals surface area (Å²) in [5, 5.41) is 14.2. The third-order valence-corrected chi connectivity index (χ3v) is 5.71. The molecule has 0 saturated heterocycles. The van der Waals surface area contributed by atoms with Crippen molar-refractivity contribution in [2.45, 2.75) is 63.7 Å². The van der Waals surface area contributed by atoms with Crippen molar-refractivity contribution < 1.29 is 9.90 Å². The smallest absolute Gasteiger partial charge is 0.408 e. The van der Waals surface area contributed by atoms with Crippen LogP contribution in [0.15, 0.2) is 18.2 Å². The number of benzene rings is 1. The van der Waals surface area contributed by atoms with Gasteiger partial charge in [-0.3, -0.25) is 4.90 Å². The zero-order valence-corrected chi connectivity index (χ0v) is 16.0. The summed E-state index contributed by atoms with van der Waals surface area (Å²) >= 11 is 0. The fraction of sp³-hybridized carbons (Fsp3) is 0.632. The van der Waals surface area contributed by atoms with Gasteiger partial charge >= 0.3 is 6.09 Å². The highest BCUT2D eigenvalue weighted by molar-refractivity contribution is 5.68. The lowest BCUT2D eigenvalue weighted by Gasteiger charge is -2.47. The summed E-state index contributed by atoms with van der Waals surface area (Å²) in [6.45, 7) is 5.32. The topological polar surface area (TPSA) is 99.1 Å². The minimum atomic E-state index is -0.896. The molecule has 0 bridgehead atoms. The number of nitrogen functional groups attached to an aromatic ring is 1. The van der Waals surface area contributed by atoms with E-state index in [0.29, 0.717) is 12.2 Å². The fourth-order valence-corrected chi connectivity index (χ4v) is 4.43. The predicted octanol–water partition coefficient (Wildman–Crippen LogP) is 2.46. The Hall–Kier alpha value is -1.99. The van der Waals surface area contributed by atoms with Gasteiger partial charge in [0.1, 0.15) is 0 Å². The van der Waals surface area contributed by atoms with Crippen LogP contribution in [0.25, 0.3) is 0 Å². The van der Waals surface area contributed by atoms with E-state index in [1.165, 1.54) is 5.56 Å². The van der Waals surface area contributed by atoms with Crippen molar-refractivity contribution >= 4 is 17.5 Å². The van der Waals surface area contributed by atoms with E-state index in [0.717, 1.165) is 37.9 Å². The molecule has 1 aliphatic heterocycles. The first-order valence-electron chi connectivity index (χ1n) is 9.35. The van der Waals surface area contributed by atoms with E-state index < -0.39 is 11.6 Å². The van der Waals surface area contributed by atoms with Crippen LogP contribution in [0.2, 0.25) is 0 Å². The van der Waals surface area contributed by atoms with Crippen LogP contribution in [0.1, 0.15) is 45.1 Å². The number of rotatable bonds is 4. The molecule has 1 amide bonds. The molecule has 2 aliphatic rings. The minimum absolute atomic E-state index is 0.0987. The van der Waals surface area contributed by atoms with E-state index >= 15 is 0 Å². The highest BCUT2D eigenvalue weighted by atomic mass is 16.4. The van der Waals surface area contributed by atoms with E-state index in [-0.39, 0.29) is 12.1 Å². The van der Waals surface area contributed by atoms with Crippen LogP contribution < -0.4 is 16.5 Å². The van der Waals surface area contributed by atoms with E-state index in [2.05, 4.69) is 10.0 Å². The highest BCUT2D eigenvalue weighted by Gasteiger charge is 2.42. The summed E-state index contributed by atoms with van der Waals surface area (Å²) in [6.07, 6.45) is 2.92. The molecule has 1 aromatic rings. The van der Waals surface area contributed by atoms with Crippen LogP contribution in [-0.4, -0.2) is 52.3 Å². The number of hydrogen-bond donors (Lipinski definition) is 3. The molecule has 0 aromatic heterocycles. The molecule has 3 rings (SSSR count). The van der Waals surface area contributed by atoms with Gasteiger partial charge in [0.05, 0.1) is 23.8 Å². The first kappa shape index (κ1) is 18.8. The quantitative estimate of drug-likeness (QED) is 0.713. The first-order chi connectivity index (χ1) is 12.2. The van der Waals surface area contributed by atoms with Gasteiger partial charge in [0, 0.05) is 25.3 Å². The van der Waals surface area contributed by atoms with Crippen molar-refractivity contribution in [2.24, 2.45) is 5.73 Å². The Balaban J connectivity index is 1.87. The monoisotopic (exact) mass is 361 g/mol. The molecule has 1 heterocycles. The van der Waals surface area contributed by atoms with Crippen molar-refractivity contribution in [1.29, 1.82) is 0 Å². The summed E-state index contributed by atoms with van der Waals surface area (Å²) < 4.78 is 0. The Bertz CT molecular complexity index is 678. The lowest BCUT2D eigenvalue weighted by molar-refractivity contribution is 0.0392. The van der Waals surface area contributed by atoms with Gasteiger partial charge in [-0.25, -0.2) is 9.80 Å². The maximum absolute atomic E-state index is 12.2. The molecule has 26 heavy (non-hydrogen) atoms. The van der Waals surface area contributed by atoms with Crippen molar-refractivity contribution in [3.63, 3.8) is 0 Å². The third kappa shape index (κ3) is 3.46. The summed E-state index contributed by atoms with van der Waals surface area (Å²) in [6, 6.07) is 5.68. The average molecular weight is 361 g/mol. The zero-order chi connectivity index (χ0) is 19.1. The van der Waals surface area contributed by atoms with Crippen LogP contribution in [-0.2, 0) is 6.54 Å². The Kier molecular flexibility index (Phi) is 5.03. The van der Waals surface area contributed by atoms with Crippen LogP contribution in [0, 0.1) is 0 Å². The molecule has 0 radical (unpaired) electrons. The minimum Gasteiger partial charge on any atom is -0.465 e. The van der Waals surface area contributed by atoms with Crippen molar-refractivity contribution in [2.75, 3.05) is 24.3 Å². The molecule has 1 saturated carbocycles. The Labute approximate surface area is 155 Å². The first-order valence-corrected chi connectivity index (χ1v) is 9.35. The second-order valence-corrected chi connectivity index (χ2v) is 8.24. The number of amides is 1. The largest absolute Gasteiger partial charge is 0.465 e. The maximum Gasteiger partial charge on any atom is 0.408 e. The van der Waals surface area contributed by atoms with Gasteiger partial charge in [0.15, 0.2) is 0 Å². The van der Waals surface area contributed by atoms with Gasteiger partial charge in [0.2, 0.25) is 0 Å². The molecule has 0 spiro atoms. The fourth-order valence-electron chi connectivity index (χ4n) is 4.43. The number of carboxylic acid groups (broad SMARTS) is 1. The molecular weight excluding hydrogens is 330 g/mol. The SMILES string of the molecule is CN1Cc2ccc(N)cc2N1CC(C)(C)N(C(=O)O)[C@H]1CCCC[C@H]1N. The average Bonchev–Trinajstić information content (AvgIpc) is 2.84. The second kappa shape index (κ2) is 6.96. The molecule has 1 aliphatic carbocycles. The van der Waals surface area contributed by atoms with Crippen molar-refractivity contribution in [1.82, 2.24) is 9.91 Å². The highest BCUT2D eigenvalue weighted by Crippen LogP contribution is 2.35. The summed E-state index contributed by atoms with van der Waals surface area (Å²) in [4.78, 5) is 13.8. The summed E-state index contributed by atoms with van der Waals surface area (Å²) in [5.41, 5.74) is 14.7. The zero-order valence-electron chi connectivity index (χ0n) is 16.0. The van der Waals surface area contributed by atoms with E-state index in [9.17, 15) is 9.90 Å². The number of nitrogens with two attached hydrogens (primary N) is 2. The van der Waals surface area contributed by atoms with E-state index in [1.54, 1.807) is 4.90 Å². The van der Waals surface area contributed by atoms with Crippen molar-refractivity contribution in [3.05, 3.63) is 23.8 Å². The van der Waals surface area contributed by atoms with Gasteiger partial charge in [-0.05, 0) is 44.4 Å². The van der Waals surface area contributed by atoms with E-state index in [1.807, 2.05) is 39.1 Å². The molecule has 7 nitrogen and oxygen atoms in total. The number of hydrogen-bond acceptors (Lipinski definition) is 5. The van der Waals surface area contributed by atoms with E-state index in [4.69, 9.17) is 11.5 Å². The van der Waals surface area contributed by atoms with Gasteiger partial charge < -0.3 is 21.6 Å². The molecule has 1 fully saturated rings. The maximum atomic E-state index is 12.2. The molecular formula is C19H31N5O2. The molecule has 0 unspecified atom stereocenters. The third-order valence-electron chi connectivity index (χ3n) is 5.71. The van der Waals surface area contributed by atoms with Gasteiger partial charge in [-0.2, -0.15) is 0 Å². The Morgan fingerprint density at radius 1 is 1.35 bits per heavy atom. The van der Waals surface area contributed by atoms with Gasteiger partial charge in [-0.15, -0.1) is 0 Å². The summed E-state index contributed by atoms with van der Waals surface area (Å²) in [5.74, 6) is 0. The van der Waals surface area contributed by atoms with Crippen molar-refractivity contribution in [3.8, 4) is 0 Å². The Morgan fingerprint density at radius 3 is 2.69 bits per heavy atom. The standard InChI is InChI=1S/C19H31N5O2/c1-19(2,24(18(25)26)16-7-5-4-6-15(16)21)12-23-17-10-14(20)9-8-13(17)11-22(23)3/h8-10,15-16H,4-7,11-12,20-21H2,1-3H3,(H,25,26)/t15-,16+/m1/s1. The molecule has 144 valence electrons. The number of anilines is 2. The van der Waals surface area contributed by atoms with Crippen LogP contribution in [0.3, 0.4) is 0 Å². The lowest BCUT2D eigenvalue weighted by atomic mass is 9.87. The number of hydrazine groups is 1. The molecule has 2 atom stereocenters. The molecule has 7 heteroatoms. The number of fused-ring (bicyclic) bond motifs is 1.